The second kappa shape index (κ2) is 6.02. The number of hydrogen-bond acceptors (Lipinski definition) is 4. The van der Waals surface area contributed by atoms with Gasteiger partial charge in [-0.25, -0.2) is 4.39 Å². The molecule has 1 aliphatic carbocycles. The molecular formula is C13H19FN2O2. The zero-order valence-electron chi connectivity index (χ0n) is 10.4. The van der Waals surface area contributed by atoms with E-state index in [1.54, 1.807) is 0 Å². The number of anilines is 1. The highest BCUT2D eigenvalue weighted by Crippen LogP contribution is 2.29. The Hall–Kier alpha value is -1.33. The van der Waals surface area contributed by atoms with Gasteiger partial charge in [-0.3, -0.25) is 10.7 Å². The lowest BCUT2D eigenvalue weighted by Gasteiger charge is -2.32. The second-order valence-electron chi connectivity index (χ2n) is 4.59. The molecule has 18 heavy (non-hydrogen) atoms. The van der Waals surface area contributed by atoms with Crippen LogP contribution in [0.3, 0.4) is 0 Å². The van der Waals surface area contributed by atoms with E-state index in [1.165, 1.54) is 24.6 Å². The largest absolute Gasteiger partial charge is 0.486 e. The van der Waals surface area contributed by atoms with Crippen LogP contribution in [0.25, 0.3) is 0 Å². The van der Waals surface area contributed by atoms with Gasteiger partial charge in [0, 0.05) is 12.1 Å². The summed E-state index contributed by atoms with van der Waals surface area (Å²) in [5.74, 6) is -0.0227. The van der Waals surface area contributed by atoms with E-state index in [4.69, 9.17) is 9.94 Å². The molecule has 0 radical (unpaired) electrons. The standard InChI is InChI=1S/C13H19FN2O2/c1-15-10-4-2-3-5-12(10)18-13-8-9(14)6-7-11(13)16-17/h6-8,10,12,15-17H,2-5H2,1H3/t10-,12?/m1/s1. The number of benzene rings is 1. The van der Waals surface area contributed by atoms with Crippen LogP contribution < -0.4 is 15.5 Å². The number of hydrogen-bond donors (Lipinski definition) is 3. The van der Waals surface area contributed by atoms with Crippen LogP contribution in [0.5, 0.6) is 5.75 Å². The van der Waals surface area contributed by atoms with Crippen molar-refractivity contribution in [3.63, 3.8) is 0 Å². The summed E-state index contributed by atoms with van der Waals surface area (Å²) in [6.45, 7) is 0. The lowest BCUT2D eigenvalue weighted by molar-refractivity contribution is 0.118. The highest BCUT2D eigenvalue weighted by molar-refractivity contribution is 5.54. The van der Waals surface area contributed by atoms with Gasteiger partial charge in [-0.2, -0.15) is 0 Å². The Morgan fingerprint density at radius 2 is 2.11 bits per heavy atom. The van der Waals surface area contributed by atoms with Crippen molar-refractivity contribution < 1.29 is 14.3 Å². The van der Waals surface area contributed by atoms with Crippen LogP contribution in [0, 0.1) is 5.82 Å². The number of halogens is 1. The van der Waals surface area contributed by atoms with Gasteiger partial charge in [0.2, 0.25) is 0 Å². The smallest absolute Gasteiger partial charge is 0.148 e. The van der Waals surface area contributed by atoms with Crippen molar-refractivity contribution in [2.24, 2.45) is 0 Å². The summed E-state index contributed by atoms with van der Waals surface area (Å²) >= 11 is 0. The first kappa shape index (κ1) is 13.1. The minimum absolute atomic E-state index is 0.0117. The van der Waals surface area contributed by atoms with Crippen molar-refractivity contribution in [1.82, 2.24) is 5.32 Å². The maximum atomic E-state index is 13.2. The third-order valence-corrected chi connectivity index (χ3v) is 3.42. The molecule has 0 aliphatic heterocycles. The van der Waals surface area contributed by atoms with Crippen molar-refractivity contribution in [3.8, 4) is 5.75 Å². The Kier molecular flexibility index (Phi) is 4.38. The molecule has 0 amide bonds. The van der Waals surface area contributed by atoms with Crippen LogP contribution in [-0.2, 0) is 0 Å². The van der Waals surface area contributed by atoms with Crippen molar-refractivity contribution in [2.45, 2.75) is 37.8 Å². The van der Waals surface area contributed by atoms with Gasteiger partial charge in [-0.1, -0.05) is 6.42 Å². The van der Waals surface area contributed by atoms with E-state index in [0.29, 0.717) is 11.4 Å². The van der Waals surface area contributed by atoms with Gasteiger partial charge >= 0.3 is 0 Å². The maximum Gasteiger partial charge on any atom is 0.148 e. The molecule has 3 N–H and O–H groups in total. The summed E-state index contributed by atoms with van der Waals surface area (Å²) in [6.07, 6.45) is 4.29. The molecule has 1 aromatic rings. The van der Waals surface area contributed by atoms with Gasteiger partial charge in [-0.05, 0) is 38.4 Å². The maximum absolute atomic E-state index is 13.2. The summed E-state index contributed by atoms with van der Waals surface area (Å²) < 4.78 is 19.0. The van der Waals surface area contributed by atoms with Crippen molar-refractivity contribution >= 4 is 5.69 Å². The fourth-order valence-electron chi connectivity index (χ4n) is 2.42. The molecular weight excluding hydrogens is 235 g/mol. The second-order valence-corrected chi connectivity index (χ2v) is 4.59. The van der Waals surface area contributed by atoms with Crippen LogP contribution in [0.4, 0.5) is 10.1 Å². The molecule has 0 saturated heterocycles. The molecule has 0 aromatic heterocycles. The van der Waals surface area contributed by atoms with Gasteiger partial charge in [0.25, 0.3) is 0 Å². The van der Waals surface area contributed by atoms with E-state index >= 15 is 0 Å². The fourth-order valence-corrected chi connectivity index (χ4v) is 2.42. The van der Waals surface area contributed by atoms with Gasteiger partial charge < -0.3 is 10.1 Å². The molecule has 2 rings (SSSR count). The average molecular weight is 254 g/mol. The number of rotatable bonds is 4. The van der Waals surface area contributed by atoms with E-state index in [1.807, 2.05) is 12.5 Å². The minimum atomic E-state index is -0.374. The topological polar surface area (TPSA) is 53.5 Å². The molecule has 1 aliphatic rings. The predicted molar refractivity (Wildman–Crippen MR) is 67.5 cm³/mol. The first-order valence-electron chi connectivity index (χ1n) is 6.28. The zero-order chi connectivity index (χ0) is 13.0. The number of ether oxygens (including phenoxy) is 1. The molecule has 1 fully saturated rings. The fraction of sp³-hybridized carbons (Fsp3) is 0.538. The Morgan fingerprint density at radius 1 is 1.33 bits per heavy atom. The lowest BCUT2D eigenvalue weighted by Crippen LogP contribution is -2.43. The highest BCUT2D eigenvalue weighted by Gasteiger charge is 2.26. The monoisotopic (exact) mass is 254 g/mol. The third-order valence-electron chi connectivity index (χ3n) is 3.42. The third kappa shape index (κ3) is 2.91. The normalized spacial score (nSPS) is 23.7. The molecule has 1 saturated carbocycles. The summed E-state index contributed by atoms with van der Waals surface area (Å²) in [4.78, 5) is 0. The van der Waals surface area contributed by atoms with Crippen LogP contribution in [-0.4, -0.2) is 24.4 Å². The van der Waals surface area contributed by atoms with Crippen LogP contribution >= 0.6 is 0 Å². The van der Waals surface area contributed by atoms with E-state index in [-0.39, 0.29) is 18.0 Å². The molecule has 0 heterocycles. The Morgan fingerprint density at radius 3 is 2.83 bits per heavy atom. The van der Waals surface area contributed by atoms with Gasteiger partial charge in [0.1, 0.15) is 23.4 Å². The van der Waals surface area contributed by atoms with E-state index in [2.05, 4.69) is 5.32 Å². The molecule has 1 unspecified atom stereocenters. The van der Waals surface area contributed by atoms with Gasteiger partial charge in [-0.15, -0.1) is 0 Å². The summed E-state index contributed by atoms with van der Waals surface area (Å²) in [7, 11) is 1.91. The van der Waals surface area contributed by atoms with Crippen LogP contribution in [0.15, 0.2) is 18.2 Å². The lowest BCUT2D eigenvalue weighted by atomic mass is 9.92. The van der Waals surface area contributed by atoms with Crippen molar-refractivity contribution in [3.05, 3.63) is 24.0 Å². The number of likely N-dealkylation sites (N-methyl/N-ethyl adjacent to an activating group) is 1. The molecule has 0 bridgehead atoms. The van der Waals surface area contributed by atoms with Gasteiger partial charge in [0.05, 0.1) is 0 Å². The van der Waals surface area contributed by atoms with Crippen LogP contribution in [0.1, 0.15) is 25.7 Å². The summed E-state index contributed by atoms with van der Waals surface area (Å²) in [6, 6.07) is 4.30. The van der Waals surface area contributed by atoms with Crippen molar-refractivity contribution in [2.75, 3.05) is 12.5 Å². The Balaban J connectivity index is 2.14. The quantitative estimate of drug-likeness (QED) is 0.723. The molecule has 100 valence electrons. The van der Waals surface area contributed by atoms with E-state index in [9.17, 15) is 4.39 Å². The summed E-state index contributed by atoms with van der Waals surface area (Å²) in [5.41, 5.74) is 2.42. The van der Waals surface area contributed by atoms with Crippen molar-refractivity contribution in [1.29, 1.82) is 0 Å². The Labute approximate surface area is 106 Å². The van der Waals surface area contributed by atoms with E-state index in [0.717, 1.165) is 19.3 Å². The van der Waals surface area contributed by atoms with Crippen LogP contribution in [0.2, 0.25) is 0 Å². The molecule has 5 heteroatoms. The Bertz CT molecular complexity index is 401. The average Bonchev–Trinajstić information content (AvgIpc) is 2.40. The highest BCUT2D eigenvalue weighted by atomic mass is 19.1. The number of nitrogens with one attached hydrogen (secondary N) is 2. The minimum Gasteiger partial charge on any atom is -0.486 e. The first-order valence-corrected chi connectivity index (χ1v) is 6.28. The molecule has 4 nitrogen and oxygen atoms in total. The molecule has 0 spiro atoms. The zero-order valence-corrected chi connectivity index (χ0v) is 10.4. The SMILES string of the molecule is CN[C@@H]1CCCCC1Oc1cc(F)ccc1NO. The predicted octanol–water partition coefficient (Wildman–Crippen LogP) is 2.54. The van der Waals surface area contributed by atoms with Gasteiger partial charge in [0.15, 0.2) is 0 Å². The molecule has 1 aromatic carbocycles. The van der Waals surface area contributed by atoms with E-state index < -0.39 is 0 Å². The molecule has 2 atom stereocenters. The summed E-state index contributed by atoms with van der Waals surface area (Å²) in [5, 5.41) is 12.2. The first-order chi connectivity index (χ1) is 8.74.